The molecule has 1 aliphatic heterocycles. The van der Waals surface area contributed by atoms with Crippen molar-refractivity contribution in [1.82, 2.24) is 19.9 Å². The van der Waals surface area contributed by atoms with E-state index >= 15 is 0 Å². The number of piperazine rings is 1. The van der Waals surface area contributed by atoms with Crippen LogP contribution < -0.4 is 4.74 Å². The number of hydrogen-bond acceptors (Lipinski definition) is 6. The van der Waals surface area contributed by atoms with Gasteiger partial charge in [0.1, 0.15) is 5.75 Å². The third-order valence-corrected chi connectivity index (χ3v) is 5.53. The maximum Gasteiger partial charge on any atom is 0.253 e. The van der Waals surface area contributed by atoms with E-state index in [1.54, 1.807) is 12.1 Å². The summed E-state index contributed by atoms with van der Waals surface area (Å²) in [6.45, 7) is 8.25. The maximum atomic E-state index is 12.8. The van der Waals surface area contributed by atoms with Gasteiger partial charge in [-0.05, 0) is 54.4 Å². The van der Waals surface area contributed by atoms with E-state index < -0.39 is 0 Å². The normalized spacial score (nSPS) is 14.7. The molecule has 0 spiro atoms. The van der Waals surface area contributed by atoms with Gasteiger partial charge in [0.05, 0.1) is 13.2 Å². The van der Waals surface area contributed by atoms with Crippen LogP contribution >= 0.6 is 11.6 Å². The van der Waals surface area contributed by atoms with Crippen molar-refractivity contribution in [3.05, 3.63) is 65.0 Å². The number of aromatic nitrogens is 2. The van der Waals surface area contributed by atoms with E-state index in [2.05, 4.69) is 28.9 Å². The molecule has 1 amide bonds. The second kappa shape index (κ2) is 10.1. The molecule has 0 N–H and O–H groups in total. The number of carbonyl (C=O) groups is 1. The van der Waals surface area contributed by atoms with Crippen molar-refractivity contribution >= 4 is 17.5 Å². The second-order valence-corrected chi connectivity index (χ2v) is 8.75. The van der Waals surface area contributed by atoms with Gasteiger partial charge in [0.25, 0.3) is 5.91 Å². The highest BCUT2D eigenvalue weighted by Gasteiger charge is 2.23. The van der Waals surface area contributed by atoms with Crippen LogP contribution in [-0.2, 0) is 6.54 Å². The predicted octanol–water partition coefficient (Wildman–Crippen LogP) is 4.38. The predicted molar refractivity (Wildman–Crippen MR) is 123 cm³/mol. The minimum absolute atomic E-state index is 0.0443. The van der Waals surface area contributed by atoms with E-state index in [1.165, 1.54) is 0 Å². The molecule has 3 aromatic rings. The summed E-state index contributed by atoms with van der Waals surface area (Å²) in [4.78, 5) is 21.4. The molecule has 1 fully saturated rings. The molecule has 1 saturated heterocycles. The van der Waals surface area contributed by atoms with Crippen LogP contribution in [0.3, 0.4) is 0 Å². The van der Waals surface area contributed by atoms with E-state index in [0.29, 0.717) is 54.5 Å². The van der Waals surface area contributed by atoms with Crippen LogP contribution in [0.1, 0.15) is 30.1 Å². The molecule has 0 unspecified atom stereocenters. The molecule has 1 aliphatic rings. The largest absolute Gasteiger partial charge is 0.493 e. The molecule has 0 radical (unpaired) electrons. The zero-order chi connectivity index (χ0) is 22.5. The lowest BCUT2D eigenvalue weighted by atomic mass is 10.1. The van der Waals surface area contributed by atoms with Gasteiger partial charge >= 0.3 is 0 Å². The molecular formula is C24H27ClN4O3. The summed E-state index contributed by atoms with van der Waals surface area (Å²) in [5, 5.41) is 4.73. The minimum atomic E-state index is 0.0443. The van der Waals surface area contributed by atoms with E-state index in [9.17, 15) is 4.79 Å². The molecule has 1 aromatic heterocycles. The Labute approximate surface area is 192 Å². The summed E-state index contributed by atoms with van der Waals surface area (Å²) in [6.07, 6.45) is 0. The number of hydrogen-bond donors (Lipinski definition) is 0. The summed E-state index contributed by atoms with van der Waals surface area (Å²) in [6, 6.07) is 14.7. The molecule has 168 valence electrons. The molecular weight excluding hydrogens is 428 g/mol. The zero-order valence-electron chi connectivity index (χ0n) is 18.3. The van der Waals surface area contributed by atoms with Gasteiger partial charge in [-0.2, -0.15) is 4.98 Å². The van der Waals surface area contributed by atoms with Gasteiger partial charge in [-0.1, -0.05) is 30.6 Å². The van der Waals surface area contributed by atoms with Crippen LogP contribution in [0.15, 0.2) is 53.1 Å². The number of ether oxygens (including phenoxy) is 1. The molecule has 2 aromatic carbocycles. The fraction of sp³-hybridized carbons (Fsp3) is 0.375. The van der Waals surface area contributed by atoms with Gasteiger partial charge in [0, 0.05) is 42.3 Å². The van der Waals surface area contributed by atoms with Gasteiger partial charge in [-0.3, -0.25) is 9.69 Å². The van der Waals surface area contributed by atoms with Gasteiger partial charge < -0.3 is 14.2 Å². The Kier molecular flexibility index (Phi) is 7.07. The average molecular weight is 455 g/mol. The molecule has 7 nitrogen and oxygen atoms in total. The summed E-state index contributed by atoms with van der Waals surface area (Å²) in [5.74, 6) is 2.40. The number of benzene rings is 2. The number of carbonyl (C=O) groups excluding carboxylic acids is 1. The first kappa shape index (κ1) is 22.3. The number of rotatable bonds is 7. The molecule has 0 atom stereocenters. The Balaban J connectivity index is 1.28. The third-order valence-electron chi connectivity index (χ3n) is 5.27. The average Bonchev–Trinajstić information content (AvgIpc) is 3.27. The number of nitrogens with zero attached hydrogens (tertiary/aromatic N) is 4. The van der Waals surface area contributed by atoms with Crippen LogP contribution in [0.25, 0.3) is 11.4 Å². The van der Waals surface area contributed by atoms with Gasteiger partial charge in [0.2, 0.25) is 11.7 Å². The van der Waals surface area contributed by atoms with Gasteiger partial charge in [-0.15, -0.1) is 0 Å². The molecule has 0 saturated carbocycles. The monoisotopic (exact) mass is 454 g/mol. The van der Waals surface area contributed by atoms with E-state index in [1.807, 2.05) is 41.3 Å². The van der Waals surface area contributed by atoms with E-state index in [4.69, 9.17) is 20.9 Å². The highest BCUT2D eigenvalue weighted by Crippen LogP contribution is 2.20. The first-order chi connectivity index (χ1) is 15.5. The maximum absolute atomic E-state index is 12.8. The summed E-state index contributed by atoms with van der Waals surface area (Å²) < 4.78 is 11.1. The van der Waals surface area contributed by atoms with Gasteiger partial charge in [-0.25, -0.2) is 0 Å². The summed E-state index contributed by atoms with van der Waals surface area (Å²) >= 11 is 5.93. The number of amides is 1. The van der Waals surface area contributed by atoms with Crippen LogP contribution in [0.4, 0.5) is 0 Å². The fourth-order valence-corrected chi connectivity index (χ4v) is 3.60. The van der Waals surface area contributed by atoms with Crippen molar-refractivity contribution in [2.75, 3.05) is 32.8 Å². The third kappa shape index (κ3) is 5.66. The molecule has 32 heavy (non-hydrogen) atoms. The highest BCUT2D eigenvalue weighted by atomic mass is 35.5. The minimum Gasteiger partial charge on any atom is -0.493 e. The standard InChI is InChI=1S/C24H27ClN4O3/c1-17(2)16-31-21-9-5-19(6-10-21)24(30)29-13-11-28(12-14-29)15-22-26-23(27-32-22)18-3-7-20(25)8-4-18/h3-10,17H,11-16H2,1-2H3. The molecule has 2 heterocycles. The zero-order valence-corrected chi connectivity index (χ0v) is 19.1. The van der Waals surface area contributed by atoms with E-state index in [0.717, 1.165) is 24.4 Å². The lowest BCUT2D eigenvalue weighted by Gasteiger charge is -2.34. The van der Waals surface area contributed by atoms with Crippen molar-refractivity contribution in [2.45, 2.75) is 20.4 Å². The van der Waals surface area contributed by atoms with Crippen molar-refractivity contribution in [1.29, 1.82) is 0 Å². The van der Waals surface area contributed by atoms with Crippen molar-refractivity contribution in [2.24, 2.45) is 5.92 Å². The van der Waals surface area contributed by atoms with Gasteiger partial charge in [0.15, 0.2) is 0 Å². The lowest BCUT2D eigenvalue weighted by Crippen LogP contribution is -2.48. The highest BCUT2D eigenvalue weighted by molar-refractivity contribution is 6.30. The Morgan fingerprint density at radius 1 is 1.06 bits per heavy atom. The molecule has 0 bridgehead atoms. The SMILES string of the molecule is CC(C)COc1ccc(C(=O)N2CCN(Cc3nc(-c4ccc(Cl)cc4)no3)CC2)cc1. The van der Waals surface area contributed by atoms with Crippen LogP contribution in [0.5, 0.6) is 5.75 Å². The topological polar surface area (TPSA) is 71.7 Å². The quantitative estimate of drug-likeness (QED) is 0.527. The first-order valence-corrected chi connectivity index (χ1v) is 11.2. The van der Waals surface area contributed by atoms with Crippen LogP contribution in [0.2, 0.25) is 5.02 Å². The Hall–Kier alpha value is -2.90. The Morgan fingerprint density at radius 2 is 1.75 bits per heavy atom. The Bertz CT molecular complexity index is 1030. The summed E-state index contributed by atoms with van der Waals surface area (Å²) in [7, 11) is 0. The molecule has 4 rings (SSSR count). The number of halogens is 1. The van der Waals surface area contributed by atoms with Crippen molar-refractivity contribution in [3.63, 3.8) is 0 Å². The van der Waals surface area contributed by atoms with Crippen molar-refractivity contribution < 1.29 is 14.1 Å². The van der Waals surface area contributed by atoms with Crippen LogP contribution in [-0.4, -0.2) is 58.6 Å². The van der Waals surface area contributed by atoms with E-state index in [-0.39, 0.29) is 5.91 Å². The smallest absolute Gasteiger partial charge is 0.253 e. The first-order valence-electron chi connectivity index (χ1n) is 10.8. The van der Waals surface area contributed by atoms with Crippen LogP contribution in [0, 0.1) is 5.92 Å². The lowest BCUT2D eigenvalue weighted by molar-refractivity contribution is 0.0615. The Morgan fingerprint density at radius 3 is 2.41 bits per heavy atom. The second-order valence-electron chi connectivity index (χ2n) is 8.32. The summed E-state index contributed by atoms with van der Waals surface area (Å²) in [5.41, 5.74) is 1.54. The fourth-order valence-electron chi connectivity index (χ4n) is 3.47. The van der Waals surface area contributed by atoms with Crippen molar-refractivity contribution in [3.8, 4) is 17.1 Å². The molecule has 8 heteroatoms. The molecule has 0 aliphatic carbocycles.